The summed E-state index contributed by atoms with van der Waals surface area (Å²) >= 11 is 0. The molecule has 6 nitrogen and oxygen atoms in total. The minimum atomic E-state index is -3.68. The van der Waals surface area contributed by atoms with Gasteiger partial charge in [0.15, 0.2) is 0 Å². The average molecular weight is 307 g/mol. The van der Waals surface area contributed by atoms with Gasteiger partial charge in [0, 0.05) is 19.3 Å². The van der Waals surface area contributed by atoms with Gasteiger partial charge in [0.25, 0.3) is 0 Å². The lowest BCUT2D eigenvalue weighted by atomic mass is 10.3. The van der Waals surface area contributed by atoms with Crippen LogP contribution >= 0.6 is 0 Å². The van der Waals surface area contributed by atoms with Crippen LogP contribution in [0.15, 0.2) is 47.5 Å². The van der Waals surface area contributed by atoms with Gasteiger partial charge in [-0.2, -0.15) is 4.31 Å². The number of nitrogens with zero attached hydrogens (tertiary/aromatic N) is 2. The number of pyridine rings is 1. The third-order valence-electron chi connectivity index (χ3n) is 3.02. The predicted molar refractivity (Wildman–Crippen MR) is 80.3 cm³/mol. The highest BCUT2D eigenvalue weighted by atomic mass is 32.2. The van der Waals surface area contributed by atoms with Gasteiger partial charge in [-0.05, 0) is 24.3 Å². The Morgan fingerprint density at radius 3 is 2.62 bits per heavy atom. The first-order valence-corrected chi connectivity index (χ1v) is 7.69. The van der Waals surface area contributed by atoms with Gasteiger partial charge in [-0.1, -0.05) is 6.07 Å². The summed E-state index contributed by atoms with van der Waals surface area (Å²) in [5, 5.41) is 0. The molecule has 0 aliphatic heterocycles. The van der Waals surface area contributed by atoms with Gasteiger partial charge in [0.1, 0.15) is 10.6 Å². The Morgan fingerprint density at radius 2 is 2.05 bits per heavy atom. The second-order valence-electron chi connectivity index (χ2n) is 4.49. The molecule has 0 fully saturated rings. The summed E-state index contributed by atoms with van der Waals surface area (Å²) in [4.78, 5) is 4.18. The monoisotopic (exact) mass is 307 g/mol. The Kier molecular flexibility index (Phi) is 4.44. The van der Waals surface area contributed by atoms with Crippen LogP contribution in [0.25, 0.3) is 0 Å². The van der Waals surface area contributed by atoms with Gasteiger partial charge in [0.05, 0.1) is 25.0 Å². The van der Waals surface area contributed by atoms with Crippen molar-refractivity contribution in [3.8, 4) is 5.75 Å². The highest BCUT2D eigenvalue weighted by molar-refractivity contribution is 7.89. The Balaban J connectivity index is 2.29. The van der Waals surface area contributed by atoms with E-state index in [-0.39, 0.29) is 17.1 Å². The van der Waals surface area contributed by atoms with Gasteiger partial charge in [-0.3, -0.25) is 4.98 Å². The first kappa shape index (κ1) is 15.3. The number of anilines is 1. The standard InChI is InChI=1S/C14H17N3O3S/c1-17(10-11-5-3-4-8-16-11)21(18,19)14-7-6-12(20-2)9-13(14)15/h3-9H,10,15H2,1-2H3. The summed E-state index contributed by atoms with van der Waals surface area (Å²) in [6.45, 7) is 0.175. The summed E-state index contributed by atoms with van der Waals surface area (Å²) in [6, 6.07) is 9.85. The van der Waals surface area contributed by atoms with Gasteiger partial charge in [-0.15, -0.1) is 0 Å². The maximum absolute atomic E-state index is 12.5. The molecule has 2 rings (SSSR count). The molecule has 0 aliphatic carbocycles. The minimum Gasteiger partial charge on any atom is -0.497 e. The van der Waals surface area contributed by atoms with Crippen LogP contribution in [0.4, 0.5) is 5.69 Å². The zero-order valence-electron chi connectivity index (χ0n) is 11.9. The van der Waals surface area contributed by atoms with Crippen LogP contribution < -0.4 is 10.5 Å². The molecule has 0 saturated heterocycles. The number of hydrogen-bond donors (Lipinski definition) is 1. The van der Waals surface area contributed by atoms with E-state index < -0.39 is 10.0 Å². The van der Waals surface area contributed by atoms with Crippen LogP contribution in [0.3, 0.4) is 0 Å². The van der Waals surface area contributed by atoms with Crippen LogP contribution in [-0.4, -0.2) is 31.9 Å². The fraction of sp³-hybridized carbons (Fsp3) is 0.214. The predicted octanol–water partition coefficient (Wildman–Crippen LogP) is 1.49. The highest BCUT2D eigenvalue weighted by Crippen LogP contribution is 2.26. The molecule has 1 aromatic carbocycles. The molecule has 0 aliphatic rings. The number of nitrogens with two attached hydrogens (primary N) is 1. The second-order valence-corrected chi connectivity index (χ2v) is 6.50. The van der Waals surface area contributed by atoms with E-state index >= 15 is 0 Å². The van der Waals surface area contributed by atoms with E-state index in [1.54, 1.807) is 24.4 Å². The van der Waals surface area contributed by atoms with Crippen molar-refractivity contribution in [3.63, 3.8) is 0 Å². The van der Waals surface area contributed by atoms with E-state index in [9.17, 15) is 8.42 Å². The van der Waals surface area contributed by atoms with Crippen LogP contribution in [0, 0.1) is 0 Å². The number of rotatable bonds is 5. The Morgan fingerprint density at radius 1 is 1.29 bits per heavy atom. The lowest BCUT2D eigenvalue weighted by Gasteiger charge is -2.18. The maximum atomic E-state index is 12.5. The smallest absolute Gasteiger partial charge is 0.245 e. The first-order valence-electron chi connectivity index (χ1n) is 6.25. The molecule has 1 aromatic heterocycles. The number of ether oxygens (including phenoxy) is 1. The summed E-state index contributed by atoms with van der Waals surface area (Å²) in [7, 11) is -0.690. The number of hydrogen-bond acceptors (Lipinski definition) is 5. The SMILES string of the molecule is COc1ccc(S(=O)(=O)N(C)Cc2ccccn2)c(N)c1. The van der Waals surface area contributed by atoms with Crippen molar-refractivity contribution < 1.29 is 13.2 Å². The van der Waals surface area contributed by atoms with Crippen molar-refractivity contribution in [1.82, 2.24) is 9.29 Å². The fourth-order valence-electron chi connectivity index (χ4n) is 1.86. The van der Waals surface area contributed by atoms with Gasteiger partial charge >= 0.3 is 0 Å². The van der Waals surface area contributed by atoms with Crippen LogP contribution in [0.1, 0.15) is 5.69 Å². The molecule has 2 aromatic rings. The van der Waals surface area contributed by atoms with Crippen molar-refractivity contribution in [2.45, 2.75) is 11.4 Å². The van der Waals surface area contributed by atoms with E-state index in [4.69, 9.17) is 10.5 Å². The number of sulfonamides is 1. The van der Waals surface area contributed by atoms with Crippen molar-refractivity contribution in [3.05, 3.63) is 48.3 Å². The second kappa shape index (κ2) is 6.11. The average Bonchev–Trinajstić information content (AvgIpc) is 2.47. The van der Waals surface area contributed by atoms with Gasteiger partial charge in [0.2, 0.25) is 10.0 Å². The molecule has 0 atom stereocenters. The zero-order chi connectivity index (χ0) is 15.5. The Labute approximate surface area is 124 Å². The summed E-state index contributed by atoms with van der Waals surface area (Å²) in [5.74, 6) is 0.513. The summed E-state index contributed by atoms with van der Waals surface area (Å²) < 4.78 is 31.3. The van der Waals surface area contributed by atoms with E-state index in [1.165, 1.54) is 30.6 Å². The van der Waals surface area contributed by atoms with E-state index in [2.05, 4.69) is 4.98 Å². The van der Waals surface area contributed by atoms with Crippen molar-refractivity contribution in [1.29, 1.82) is 0 Å². The molecular formula is C14H17N3O3S. The molecule has 21 heavy (non-hydrogen) atoms. The first-order chi connectivity index (χ1) is 9.95. The quantitative estimate of drug-likeness (QED) is 0.846. The third kappa shape index (κ3) is 3.32. The molecular weight excluding hydrogens is 290 g/mol. The normalized spacial score (nSPS) is 11.6. The number of methoxy groups -OCH3 is 1. The van der Waals surface area contributed by atoms with Crippen molar-refractivity contribution in [2.75, 3.05) is 19.9 Å². The molecule has 0 spiro atoms. The maximum Gasteiger partial charge on any atom is 0.245 e. The van der Waals surface area contributed by atoms with Crippen LogP contribution in [0.5, 0.6) is 5.75 Å². The summed E-state index contributed by atoms with van der Waals surface area (Å²) in [6.07, 6.45) is 1.62. The van der Waals surface area contributed by atoms with Crippen LogP contribution in [-0.2, 0) is 16.6 Å². The number of benzene rings is 1. The number of nitrogen functional groups attached to an aromatic ring is 1. The molecule has 1 heterocycles. The zero-order valence-corrected chi connectivity index (χ0v) is 12.7. The lowest BCUT2D eigenvalue weighted by Crippen LogP contribution is -2.27. The van der Waals surface area contributed by atoms with E-state index in [1.807, 2.05) is 6.07 Å². The lowest BCUT2D eigenvalue weighted by molar-refractivity contribution is 0.414. The molecule has 7 heteroatoms. The van der Waals surface area contributed by atoms with Gasteiger partial charge < -0.3 is 10.5 Å². The number of aromatic nitrogens is 1. The van der Waals surface area contributed by atoms with E-state index in [0.29, 0.717) is 11.4 Å². The third-order valence-corrected chi connectivity index (χ3v) is 4.89. The minimum absolute atomic E-state index is 0.0572. The molecule has 0 amide bonds. The Hall–Kier alpha value is -2.12. The van der Waals surface area contributed by atoms with Gasteiger partial charge in [-0.25, -0.2) is 8.42 Å². The molecule has 0 unspecified atom stereocenters. The largest absolute Gasteiger partial charge is 0.497 e. The highest BCUT2D eigenvalue weighted by Gasteiger charge is 2.24. The Bertz CT molecular complexity index is 717. The van der Waals surface area contributed by atoms with Crippen molar-refractivity contribution in [2.24, 2.45) is 0 Å². The fourth-order valence-corrected chi connectivity index (χ4v) is 3.10. The van der Waals surface area contributed by atoms with Crippen molar-refractivity contribution >= 4 is 15.7 Å². The van der Waals surface area contributed by atoms with Crippen LogP contribution in [0.2, 0.25) is 0 Å². The molecule has 2 N–H and O–H groups in total. The molecule has 0 radical (unpaired) electrons. The molecule has 0 bridgehead atoms. The molecule has 112 valence electrons. The molecule has 0 saturated carbocycles. The van der Waals surface area contributed by atoms with E-state index in [0.717, 1.165) is 0 Å². The summed E-state index contributed by atoms with van der Waals surface area (Å²) in [5.41, 5.74) is 6.63. The topological polar surface area (TPSA) is 85.5 Å².